The number of hydrogen-bond acceptors (Lipinski definition) is 2. The number of benzene rings is 1. The largest absolute Gasteiger partial charge is 0.352 e. The third-order valence-electron chi connectivity index (χ3n) is 2.98. The number of rotatable bonds is 1. The summed E-state index contributed by atoms with van der Waals surface area (Å²) in [7, 11) is 0. The van der Waals surface area contributed by atoms with Gasteiger partial charge in [-0.3, -0.25) is 9.59 Å². The van der Waals surface area contributed by atoms with Gasteiger partial charge in [0.1, 0.15) is 0 Å². The summed E-state index contributed by atoms with van der Waals surface area (Å²) in [4.78, 5) is 23.8. The molecule has 1 aliphatic heterocycles. The van der Waals surface area contributed by atoms with Crippen LogP contribution in [0.4, 0.5) is 0 Å². The molecular formula is C14H17NO2. The average Bonchev–Trinajstić information content (AvgIpc) is 2.27. The number of amides is 1. The van der Waals surface area contributed by atoms with E-state index in [4.69, 9.17) is 0 Å². The zero-order valence-corrected chi connectivity index (χ0v) is 10.5. The number of ketones is 1. The molecule has 1 heterocycles. The van der Waals surface area contributed by atoms with Crippen LogP contribution in [0, 0.1) is 5.41 Å². The molecule has 1 aromatic carbocycles. The Balaban J connectivity index is 2.43. The molecule has 1 aliphatic rings. The summed E-state index contributed by atoms with van der Waals surface area (Å²) in [5.41, 5.74) is 1.87. The van der Waals surface area contributed by atoms with Crippen molar-refractivity contribution in [3.05, 3.63) is 34.9 Å². The second kappa shape index (κ2) is 3.99. The zero-order chi connectivity index (χ0) is 12.6. The molecule has 0 spiro atoms. The lowest BCUT2D eigenvalue weighted by atomic mass is 9.85. The molecule has 0 aliphatic carbocycles. The first kappa shape index (κ1) is 11.8. The van der Waals surface area contributed by atoms with Crippen LogP contribution in [0.5, 0.6) is 0 Å². The predicted octanol–water partition coefficient (Wildman–Crippen LogP) is 2.20. The average molecular weight is 231 g/mol. The smallest absolute Gasteiger partial charge is 0.251 e. The zero-order valence-electron chi connectivity index (χ0n) is 10.5. The Morgan fingerprint density at radius 1 is 1.29 bits per heavy atom. The van der Waals surface area contributed by atoms with Crippen molar-refractivity contribution in [2.75, 3.05) is 6.54 Å². The maximum atomic E-state index is 12.1. The summed E-state index contributed by atoms with van der Waals surface area (Å²) in [6.07, 6.45) is 0.838. The van der Waals surface area contributed by atoms with Crippen molar-refractivity contribution in [1.82, 2.24) is 5.32 Å². The molecule has 90 valence electrons. The molecule has 0 radical (unpaired) electrons. The first-order valence-electron chi connectivity index (χ1n) is 5.85. The molecule has 0 atom stereocenters. The van der Waals surface area contributed by atoms with Crippen LogP contribution >= 0.6 is 0 Å². The second-order valence-corrected chi connectivity index (χ2v) is 5.46. The van der Waals surface area contributed by atoms with Crippen LogP contribution in [0.15, 0.2) is 18.2 Å². The van der Waals surface area contributed by atoms with Gasteiger partial charge in [-0.05, 0) is 18.1 Å². The molecule has 2 rings (SSSR count). The van der Waals surface area contributed by atoms with Crippen molar-refractivity contribution in [3.63, 3.8) is 0 Å². The highest BCUT2D eigenvalue weighted by molar-refractivity contribution is 6.03. The molecule has 0 fully saturated rings. The van der Waals surface area contributed by atoms with Crippen LogP contribution in [0.1, 0.15) is 47.1 Å². The molecule has 3 nitrogen and oxygen atoms in total. The van der Waals surface area contributed by atoms with Crippen molar-refractivity contribution in [2.45, 2.75) is 27.2 Å². The van der Waals surface area contributed by atoms with Crippen molar-refractivity contribution in [1.29, 1.82) is 0 Å². The third kappa shape index (κ3) is 2.23. The lowest BCUT2D eigenvalue weighted by Gasteiger charge is -2.20. The molecular weight excluding hydrogens is 214 g/mol. The van der Waals surface area contributed by atoms with Gasteiger partial charge in [-0.25, -0.2) is 0 Å². The van der Waals surface area contributed by atoms with E-state index in [-0.39, 0.29) is 11.7 Å². The number of fused-ring (bicyclic) bond motifs is 1. The number of carbonyl (C=O) groups excluding carboxylic acids is 2. The van der Waals surface area contributed by atoms with Gasteiger partial charge in [0.15, 0.2) is 5.78 Å². The summed E-state index contributed by atoms with van der Waals surface area (Å²) in [5.74, 6) is -0.00603. The lowest BCUT2D eigenvalue weighted by Crippen LogP contribution is -2.32. The summed E-state index contributed by atoms with van der Waals surface area (Å²) in [5, 5.41) is 2.79. The molecule has 1 aromatic rings. The summed E-state index contributed by atoms with van der Waals surface area (Å²) in [6.45, 7) is 6.33. The van der Waals surface area contributed by atoms with E-state index in [9.17, 15) is 9.59 Å². The van der Waals surface area contributed by atoms with Crippen LogP contribution < -0.4 is 5.32 Å². The maximum absolute atomic E-state index is 12.1. The number of carbonyl (C=O) groups is 2. The normalized spacial score (nSPS) is 15.1. The highest BCUT2D eigenvalue weighted by Gasteiger charge is 2.25. The SMILES string of the molecule is CC(C)(C)C(=O)c1ccc2c(c1)C(=O)NCC2. The van der Waals surface area contributed by atoms with Crippen LogP contribution in [0.25, 0.3) is 0 Å². The molecule has 0 unspecified atom stereocenters. The van der Waals surface area contributed by atoms with E-state index in [1.807, 2.05) is 32.9 Å². The molecule has 1 amide bonds. The quantitative estimate of drug-likeness (QED) is 0.753. The fourth-order valence-corrected chi connectivity index (χ4v) is 1.99. The Hall–Kier alpha value is -1.64. The lowest BCUT2D eigenvalue weighted by molar-refractivity contribution is 0.0858. The monoisotopic (exact) mass is 231 g/mol. The fourth-order valence-electron chi connectivity index (χ4n) is 1.99. The molecule has 3 heteroatoms. The van der Waals surface area contributed by atoms with Gasteiger partial charge in [0, 0.05) is 23.1 Å². The van der Waals surface area contributed by atoms with Crippen LogP contribution in [0.3, 0.4) is 0 Å². The van der Waals surface area contributed by atoms with Crippen molar-refractivity contribution >= 4 is 11.7 Å². The molecule has 1 N–H and O–H groups in total. The Kier molecular flexibility index (Phi) is 2.77. The van der Waals surface area contributed by atoms with Crippen molar-refractivity contribution < 1.29 is 9.59 Å². The highest BCUT2D eigenvalue weighted by Crippen LogP contribution is 2.23. The summed E-state index contributed by atoms with van der Waals surface area (Å²) >= 11 is 0. The summed E-state index contributed by atoms with van der Waals surface area (Å²) in [6, 6.07) is 5.44. The van der Waals surface area contributed by atoms with Gasteiger partial charge < -0.3 is 5.32 Å². The first-order valence-corrected chi connectivity index (χ1v) is 5.85. The molecule has 0 bridgehead atoms. The van der Waals surface area contributed by atoms with Crippen LogP contribution in [-0.4, -0.2) is 18.2 Å². The van der Waals surface area contributed by atoms with Crippen LogP contribution in [0.2, 0.25) is 0 Å². The minimum absolute atomic E-state index is 0.0682. The van der Waals surface area contributed by atoms with Gasteiger partial charge in [-0.2, -0.15) is 0 Å². The van der Waals surface area contributed by atoms with Gasteiger partial charge in [-0.15, -0.1) is 0 Å². The van der Waals surface area contributed by atoms with E-state index in [1.54, 1.807) is 6.07 Å². The van der Waals surface area contributed by atoms with E-state index >= 15 is 0 Å². The number of nitrogens with one attached hydrogen (secondary N) is 1. The Labute approximate surface area is 101 Å². The van der Waals surface area contributed by atoms with Crippen molar-refractivity contribution in [3.8, 4) is 0 Å². The van der Waals surface area contributed by atoms with E-state index in [0.717, 1.165) is 12.0 Å². The minimum Gasteiger partial charge on any atom is -0.352 e. The number of Topliss-reactive ketones (excluding diaryl/α,β-unsaturated/α-hetero) is 1. The van der Waals surface area contributed by atoms with Gasteiger partial charge in [0.2, 0.25) is 0 Å². The minimum atomic E-state index is -0.417. The van der Waals surface area contributed by atoms with Gasteiger partial charge in [-0.1, -0.05) is 32.9 Å². The van der Waals surface area contributed by atoms with E-state index in [2.05, 4.69) is 5.32 Å². The molecule has 0 saturated carbocycles. The standard InChI is InChI=1S/C14H17NO2/c1-14(2,3)12(16)10-5-4-9-6-7-15-13(17)11(9)8-10/h4-5,8H,6-7H2,1-3H3,(H,15,17). The van der Waals surface area contributed by atoms with E-state index in [1.165, 1.54) is 0 Å². The highest BCUT2D eigenvalue weighted by atomic mass is 16.1. The molecule has 0 saturated heterocycles. The predicted molar refractivity (Wildman–Crippen MR) is 66.3 cm³/mol. The van der Waals surface area contributed by atoms with Crippen LogP contribution in [-0.2, 0) is 6.42 Å². The third-order valence-corrected chi connectivity index (χ3v) is 2.98. The molecule has 0 aromatic heterocycles. The van der Waals surface area contributed by atoms with Gasteiger partial charge >= 0.3 is 0 Å². The Morgan fingerprint density at radius 2 is 2.00 bits per heavy atom. The van der Waals surface area contributed by atoms with E-state index in [0.29, 0.717) is 17.7 Å². The molecule has 17 heavy (non-hydrogen) atoms. The van der Waals surface area contributed by atoms with Gasteiger partial charge in [0.05, 0.1) is 0 Å². The Bertz CT molecular complexity index is 483. The Morgan fingerprint density at radius 3 is 2.65 bits per heavy atom. The first-order chi connectivity index (χ1) is 7.89. The fraction of sp³-hybridized carbons (Fsp3) is 0.429. The maximum Gasteiger partial charge on any atom is 0.251 e. The van der Waals surface area contributed by atoms with E-state index < -0.39 is 5.41 Å². The van der Waals surface area contributed by atoms with Crippen molar-refractivity contribution in [2.24, 2.45) is 5.41 Å². The van der Waals surface area contributed by atoms with Gasteiger partial charge in [0.25, 0.3) is 5.91 Å². The number of hydrogen-bond donors (Lipinski definition) is 1. The topological polar surface area (TPSA) is 46.2 Å². The second-order valence-electron chi connectivity index (χ2n) is 5.46. The summed E-state index contributed by atoms with van der Waals surface area (Å²) < 4.78 is 0.